The van der Waals surface area contributed by atoms with Crippen LogP contribution in [0.3, 0.4) is 0 Å². The van der Waals surface area contributed by atoms with Crippen molar-refractivity contribution >= 4 is 46.1 Å². The maximum Gasteiger partial charge on any atom is 0.265 e. The molecule has 0 aliphatic heterocycles. The Morgan fingerprint density at radius 2 is 2.00 bits per heavy atom. The van der Waals surface area contributed by atoms with Gasteiger partial charge in [0.05, 0.1) is 27.2 Å². The van der Waals surface area contributed by atoms with Crippen molar-refractivity contribution in [3.05, 3.63) is 70.1 Å². The number of pyridine rings is 1. The summed E-state index contributed by atoms with van der Waals surface area (Å²) in [4.78, 5) is 16.8. The molecule has 112 valence electrons. The van der Waals surface area contributed by atoms with Crippen molar-refractivity contribution in [2.45, 2.75) is 0 Å². The molecule has 2 heterocycles. The average molecular weight is 342 g/mol. The Morgan fingerprint density at radius 3 is 2.70 bits per heavy atom. The van der Waals surface area contributed by atoms with Gasteiger partial charge in [-0.15, -0.1) is 0 Å². The minimum absolute atomic E-state index is 0.219. The number of hydrogen-bond donors (Lipinski definition) is 0. The topological polar surface area (TPSA) is 58.7 Å². The molecule has 6 heteroatoms. The first kappa shape index (κ1) is 15.3. The Morgan fingerprint density at radius 1 is 1.26 bits per heavy atom. The third-order valence-electron chi connectivity index (χ3n) is 3.34. The van der Waals surface area contributed by atoms with Crippen LogP contribution in [0.5, 0.6) is 0 Å². The van der Waals surface area contributed by atoms with Gasteiger partial charge in [-0.05, 0) is 35.9 Å². The summed E-state index contributed by atoms with van der Waals surface area (Å²) in [5, 5.41) is 9.88. The van der Waals surface area contributed by atoms with E-state index < -0.39 is 0 Å². The predicted molar refractivity (Wildman–Crippen MR) is 90.6 cm³/mol. The van der Waals surface area contributed by atoms with Crippen LogP contribution in [0, 0.1) is 11.3 Å². The molecule has 0 amide bonds. The van der Waals surface area contributed by atoms with Crippen LogP contribution in [0.4, 0.5) is 0 Å². The molecule has 1 aromatic carbocycles. The van der Waals surface area contributed by atoms with Gasteiger partial charge in [0.15, 0.2) is 0 Å². The maximum atomic E-state index is 12.8. The monoisotopic (exact) mass is 341 g/mol. The number of carbonyl (C=O) groups is 1. The molecule has 0 saturated heterocycles. The summed E-state index contributed by atoms with van der Waals surface area (Å²) in [6, 6.07) is 8.64. The third kappa shape index (κ3) is 2.85. The Hall–Kier alpha value is -2.61. The molecule has 0 aliphatic carbocycles. The summed E-state index contributed by atoms with van der Waals surface area (Å²) in [5.74, 6) is -0.322. The van der Waals surface area contributed by atoms with Gasteiger partial charge in [0.1, 0.15) is 0 Å². The van der Waals surface area contributed by atoms with E-state index in [-0.39, 0.29) is 21.5 Å². The number of hydrogen-bond acceptors (Lipinski definition) is 3. The van der Waals surface area contributed by atoms with Crippen molar-refractivity contribution < 1.29 is 4.79 Å². The number of rotatable bonds is 2. The second-order valence-corrected chi connectivity index (χ2v) is 5.56. The van der Waals surface area contributed by atoms with Crippen LogP contribution in [0.15, 0.2) is 48.9 Å². The van der Waals surface area contributed by atoms with E-state index in [1.54, 1.807) is 48.9 Å². The Bertz CT molecular complexity index is 960. The molecule has 0 bridgehead atoms. The lowest BCUT2D eigenvalue weighted by molar-refractivity contribution is 0.0965. The highest BCUT2D eigenvalue weighted by atomic mass is 35.5. The zero-order valence-electron chi connectivity index (χ0n) is 11.7. The van der Waals surface area contributed by atoms with Crippen LogP contribution in [-0.2, 0) is 0 Å². The number of nitrogens with zero attached hydrogens (tertiary/aromatic N) is 3. The lowest BCUT2D eigenvalue weighted by Crippen LogP contribution is -2.12. The van der Waals surface area contributed by atoms with Crippen molar-refractivity contribution in [3.8, 4) is 6.07 Å². The highest BCUT2D eigenvalue weighted by Gasteiger charge is 2.19. The van der Waals surface area contributed by atoms with Gasteiger partial charge in [-0.1, -0.05) is 23.2 Å². The molecular weight excluding hydrogens is 333 g/mol. The smallest absolute Gasteiger partial charge is 0.265 e. The minimum atomic E-state index is -0.322. The normalized spacial score (nSPS) is 11.0. The lowest BCUT2D eigenvalue weighted by atomic mass is 10.1. The minimum Gasteiger partial charge on any atom is -0.283 e. The maximum absolute atomic E-state index is 12.8. The van der Waals surface area contributed by atoms with Crippen LogP contribution < -0.4 is 0 Å². The van der Waals surface area contributed by atoms with Gasteiger partial charge in [0.2, 0.25) is 0 Å². The Kier molecular flexibility index (Phi) is 4.16. The van der Waals surface area contributed by atoms with Crippen LogP contribution in [0.2, 0.25) is 10.0 Å². The van der Waals surface area contributed by atoms with E-state index in [4.69, 9.17) is 28.5 Å². The SMILES string of the molecule is N#CC=Cc1cc(Cl)c(C(=O)n2ccc3cnccc32)c(Cl)c1. The second kappa shape index (κ2) is 6.25. The summed E-state index contributed by atoms with van der Waals surface area (Å²) in [5.41, 5.74) is 1.60. The molecule has 0 aliphatic rings. The molecule has 3 rings (SSSR count). The largest absolute Gasteiger partial charge is 0.283 e. The number of nitriles is 1. The fourth-order valence-corrected chi connectivity index (χ4v) is 2.97. The summed E-state index contributed by atoms with van der Waals surface area (Å²) in [6.45, 7) is 0. The van der Waals surface area contributed by atoms with E-state index >= 15 is 0 Å². The standard InChI is InChI=1S/C17H9Cl2N3O/c18-13-8-11(2-1-5-20)9-14(19)16(13)17(23)22-7-4-12-10-21-6-3-15(12)22/h1-4,6-10H. The van der Waals surface area contributed by atoms with Crippen molar-refractivity contribution in [1.82, 2.24) is 9.55 Å². The van der Waals surface area contributed by atoms with E-state index in [9.17, 15) is 4.79 Å². The summed E-state index contributed by atoms with van der Waals surface area (Å²) >= 11 is 12.5. The first-order valence-corrected chi connectivity index (χ1v) is 7.38. The number of fused-ring (bicyclic) bond motifs is 1. The quantitative estimate of drug-likeness (QED) is 0.641. The molecule has 0 fully saturated rings. The zero-order chi connectivity index (χ0) is 16.4. The molecule has 0 N–H and O–H groups in total. The van der Waals surface area contributed by atoms with Crippen LogP contribution >= 0.6 is 23.2 Å². The Labute approximate surface area is 142 Å². The fourth-order valence-electron chi connectivity index (χ4n) is 2.31. The van der Waals surface area contributed by atoms with Gasteiger partial charge in [-0.3, -0.25) is 14.3 Å². The molecule has 0 saturated carbocycles. The zero-order valence-corrected chi connectivity index (χ0v) is 13.2. The highest BCUT2D eigenvalue weighted by Crippen LogP contribution is 2.29. The van der Waals surface area contributed by atoms with Gasteiger partial charge >= 0.3 is 0 Å². The lowest BCUT2D eigenvalue weighted by Gasteiger charge is -2.09. The molecule has 0 spiro atoms. The Balaban J connectivity index is 2.10. The fraction of sp³-hybridized carbons (Fsp3) is 0. The highest BCUT2D eigenvalue weighted by molar-refractivity contribution is 6.40. The van der Waals surface area contributed by atoms with E-state index in [0.29, 0.717) is 5.56 Å². The summed E-state index contributed by atoms with van der Waals surface area (Å²) in [7, 11) is 0. The van der Waals surface area contributed by atoms with Gasteiger partial charge in [-0.25, -0.2) is 0 Å². The molecule has 23 heavy (non-hydrogen) atoms. The van der Waals surface area contributed by atoms with Crippen molar-refractivity contribution in [2.24, 2.45) is 0 Å². The van der Waals surface area contributed by atoms with E-state index in [2.05, 4.69) is 4.98 Å². The first-order chi connectivity index (χ1) is 11.1. The molecule has 0 radical (unpaired) electrons. The van der Waals surface area contributed by atoms with Crippen molar-refractivity contribution in [3.63, 3.8) is 0 Å². The van der Waals surface area contributed by atoms with E-state index in [1.165, 1.54) is 10.6 Å². The van der Waals surface area contributed by atoms with Gasteiger partial charge in [-0.2, -0.15) is 5.26 Å². The second-order valence-electron chi connectivity index (χ2n) is 4.75. The number of halogens is 2. The number of benzene rings is 1. The van der Waals surface area contributed by atoms with E-state index in [1.807, 2.05) is 6.07 Å². The number of allylic oxidation sites excluding steroid dienone is 1. The molecule has 0 atom stereocenters. The molecule has 2 aromatic heterocycles. The van der Waals surface area contributed by atoms with Crippen molar-refractivity contribution in [1.29, 1.82) is 5.26 Å². The van der Waals surface area contributed by atoms with Gasteiger partial charge in [0.25, 0.3) is 5.91 Å². The first-order valence-electron chi connectivity index (χ1n) is 6.63. The predicted octanol–water partition coefficient (Wildman–Crippen LogP) is 4.57. The summed E-state index contributed by atoms with van der Waals surface area (Å²) in [6.07, 6.45) is 7.84. The van der Waals surface area contributed by atoms with Crippen LogP contribution in [0.25, 0.3) is 17.0 Å². The molecular formula is C17H9Cl2N3O. The summed E-state index contributed by atoms with van der Waals surface area (Å²) < 4.78 is 1.48. The van der Waals surface area contributed by atoms with Gasteiger partial charge < -0.3 is 0 Å². The molecule has 3 aromatic rings. The molecule has 4 nitrogen and oxygen atoms in total. The van der Waals surface area contributed by atoms with Crippen molar-refractivity contribution in [2.75, 3.05) is 0 Å². The number of carbonyl (C=O) groups excluding carboxylic acids is 1. The average Bonchev–Trinajstić information content (AvgIpc) is 2.96. The van der Waals surface area contributed by atoms with Crippen LogP contribution in [-0.4, -0.2) is 15.5 Å². The molecule has 0 unspecified atom stereocenters. The number of aromatic nitrogens is 2. The third-order valence-corrected chi connectivity index (χ3v) is 3.93. The van der Waals surface area contributed by atoms with Gasteiger partial charge in [0, 0.05) is 30.1 Å². The van der Waals surface area contributed by atoms with Crippen LogP contribution in [0.1, 0.15) is 15.9 Å². The van der Waals surface area contributed by atoms with E-state index in [0.717, 1.165) is 10.9 Å².